The van der Waals surface area contributed by atoms with Crippen LogP contribution >= 0.6 is 11.6 Å². The Morgan fingerprint density at radius 1 is 1.19 bits per heavy atom. The molecule has 0 fully saturated rings. The van der Waals surface area contributed by atoms with Crippen LogP contribution < -0.4 is 10.1 Å². The van der Waals surface area contributed by atoms with Crippen molar-refractivity contribution in [2.24, 2.45) is 0 Å². The Bertz CT molecular complexity index is 700. The number of methoxy groups -OCH3 is 1. The topological polar surface area (TPSA) is 75.6 Å². The maximum Gasteiger partial charge on any atom is 0.335 e. The highest BCUT2D eigenvalue weighted by Crippen LogP contribution is 2.22. The van der Waals surface area contributed by atoms with Crippen LogP contribution in [0.4, 0.5) is 5.69 Å². The smallest absolute Gasteiger partial charge is 0.335 e. The molecule has 0 spiro atoms. The number of aromatic carboxylic acids is 1. The number of anilines is 1. The van der Waals surface area contributed by atoms with E-state index in [1.54, 1.807) is 24.3 Å². The maximum absolute atomic E-state index is 12.2. The second-order valence-corrected chi connectivity index (χ2v) is 4.62. The summed E-state index contributed by atoms with van der Waals surface area (Å²) in [5.74, 6) is -1.10. The van der Waals surface area contributed by atoms with E-state index >= 15 is 0 Å². The normalized spacial score (nSPS) is 10.0. The van der Waals surface area contributed by atoms with Crippen LogP contribution in [0.3, 0.4) is 0 Å². The standard InChI is InChI=1S/C15H12ClNO4/c1-21-13-5-3-2-4-12(13)14(18)17-11-7-9(15(19)20)6-10(16)8-11/h2-8H,1H3,(H,17,18)(H,19,20). The van der Waals surface area contributed by atoms with Crippen LogP contribution in [-0.2, 0) is 0 Å². The van der Waals surface area contributed by atoms with Crippen molar-refractivity contribution in [2.45, 2.75) is 0 Å². The van der Waals surface area contributed by atoms with Gasteiger partial charge in [0, 0.05) is 10.7 Å². The first-order chi connectivity index (χ1) is 10.0. The second kappa shape index (κ2) is 6.28. The van der Waals surface area contributed by atoms with Gasteiger partial charge in [0.15, 0.2) is 0 Å². The highest BCUT2D eigenvalue weighted by molar-refractivity contribution is 6.31. The predicted molar refractivity (Wildman–Crippen MR) is 79.4 cm³/mol. The lowest BCUT2D eigenvalue weighted by Crippen LogP contribution is -2.13. The van der Waals surface area contributed by atoms with Crippen LogP contribution in [0.2, 0.25) is 5.02 Å². The van der Waals surface area contributed by atoms with Crippen molar-refractivity contribution < 1.29 is 19.4 Å². The number of carbonyl (C=O) groups excluding carboxylic acids is 1. The van der Waals surface area contributed by atoms with E-state index in [4.69, 9.17) is 21.4 Å². The van der Waals surface area contributed by atoms with E-state index in [1.165, 1.54) is 25.3 Å². The molecular weight excluding hydrogens is 294 g/mol. The molecule has 0 saturated carbocycles. The van der Waals surface area contributed by atoms with Crippen molar-refractivity contribution in [3.8, 4) is 5.75 Å². The number of hydrogen-bond acceptors (Lipinski definition) is 3. The van der Waals surface area contributed by atoms with E-state index in [0.29, 0.717) is 17.0 Å². The van der Waals surface area contributed by atoms with Crippen molar-refractivity contribution in [3.05, 3.63) is 58.6 Å². The molecule has 2 aromatic rings. The van der Waals surface area contributed by atoms with Crippen molar-refractivity contribution in [1.29, 1.82) is 0 Å². The van der Waals surface area contributed by atoms with Gasteiger partial charge >= 0.3 is 5.97 Å². The van der Waals surface area contributed by atoms with Crippen LogP contribution in [0, 0.1) is 0 Å². The molecular formula is C15H12ClNO4. The van der Waals surface area contributed by atoms with Gasteiger partial charge in [0.25, 0.3) is 5.91 Å². The number of para-hydroxylation sites is 1. The first-order valence-electron chi connectivity index (χ1n) is 5.99. The van der Waals surface area contributed by atoms with Gasteiger partial charge in [-0.3, -0.25) is 4.79 Å². The summed E-state index contributed by atoms with van der Waals surface area (Å²) in [6, 6.07) is 10.8. The van der Waals surface area contributed by atoms with Gasteiger partial charge in [-0.05, 0) is 30.3 Å². The van der Waals surface area contributed by atoms with Crippen LogP contribution in [0.5, 0.6) is 5.75 Å². The minimum absolute atomic E-state index is 0.00201. The number of carbonyl (C=O) groups is 2. The van der Waals surface area contributed by atoms with Gasteiger partial charge in [0.2, 0.25) is 0 Å². The molecule has 0 unspecified atom stereocenters. The summed E-state index contributed by atoms with van der Waals surface area (Å²) < 4.78 is 5.11. The summed E-state index contributed by atoms with van der Waals surface area (Å²) in [6.07, 6.45) is 0. The Morgan fingerprint density at radius 2 is 1.90 bits per heavy atom. The van der Waals surface area contributed by atoms with Gasteiger partial charge in [-0.1, -0.05) is 23.7 Å². The third kappa shape index (κ3) is 3.52. The SMILES string of the molecule is COc1ccccc1C(=O)Nc1cc(Cl)cc(C(=O)O)c1. The summed E-state index contributed by atoms with van der Waals surface area (Å²) >= 11 is 5.84. The zero-order valence-electron chi connectivity index (χ0n) is 11.1. The number of hydrogen-bond donors (Lipinski definition) is 2. The molecule has 0 radical (unpaired) electrons. The van der Waals surface area contributed by atoms with Crippen molar-refractivity contribution >= 4 is 29.2 Å². The van der Waals surface area contributed by atoms with Gasteiger partial charge in [0.05, 0.1) is 18.2 Å². The Hall–Kier alpha value is -2.53. The molecule has 0 aliphatic heterocycles. The van der Waals surface area contributed by atoms with Gasteiger partial charge in [-0.15, -0.1) is 0 Å². The van der Waals surface area contributed by atoms with E-state index in [9.17, 15) is 9.59 Å². The third-order valence-electron chi connectivity index (χ3n) is 2.75. The Labute approximate surface area is 126 Å². The second-order valence-electron chi connectivity index (χ2n) is 4.19. The maximum atomic E-state index is 12.2. The summed E-state index contributed by atoms with van der Waals surface area (Å²) in [7, 11) is 1.47. The number of carboxylic acids is 1. The monoisotopic (exact) mass is 305 g/mol. The van der Waals surface area contributed by atoms with E-state index in [0.717, 1.165) is 0 Å². The fourth-order valence-electron chi connectivity index (χ4n) is 1.82. The highest BCUT2D eigenvalue weighted by Gasteiger charge is 2.13. The van der Waals surface area contributed by atoms with Crippen molar-refractivity contribution in [1.82, 2.24) is 0 Å². The van der Waals surface area contributed by atoms with Gasteiger partial charge in [0.1, 0.15) is 5.75 Å². The first kappa shape index (κ1) is 14.9. The van der Waals surface area contributed by atoms with E-state index in [2.05, 4.69) is 5.32 Å². The molecule has 0 atom stereocenters. The largest absolute Gasteiger partial charge is 0.496 e. The van der Waals surface area contributed by atoms with Crippen molar-refractivity contribution in [2.75, 3.05) is 12.4 Å². The summed E-state index contributed by atoms with van der Waals surface area (Å²) in [5.41, 5.74) is 0.644. The van der Waals surface area contributed by atoms with Crippen LogP contribution in [0.1, 0.15) is 20.7 Å². The Morgan fingerprint density at radius 3 is 2.57 bits per heavy atom. The zero-order chi connectivity index (χ0) is 15.4. The van der Waals surface area contributed by atoms with Crippen LogP contribution in [0.25, 0.3) is 0 Å². The van der Waals surface area contributed by atoms with E-state index in [1.807, 2.05) is 0 Å². The molecule has 1 amide bonds. The minimum atomic E-state index is -1.12. The lowest BCUT2D eigenvalue weighted by atomic mass is 10.1. The van der Waals surface area contributed by atoms with E-state index in [-0.39, 0.29) is 10.6 Å². The molecule has 108 valence electrons. The average molecular weight is 306 g/mol. The number of ether oxygens (including phenoxy) is 1. The molecule has 0 aliphatic rings. The molecule has 0 aliphatic carbocycles. The summed E-state index contributed by atoms with van der Waals surface area (Å²) in [6.45, 7) is 0. The number of nitrogens with one attached hydrogen (secondary N) is 1. The number of carboxylic acid groups (broad SMARTS) is 1. The number of amides is 1. The molecule has 0 saturated heterocycles. The molecule has 0 aromatic heterocycles. The molecule has 0 bridgehead atoms. The molecule has 5 nitrogen and oxygen atoms in total. The Kier molecular flexibility index (Phi) is 4.45. The van der Waals surface area contributed by atoms with Gasteiger partial charge in [-0.25, -0.2) is 4.79 Å². The summed E-state index contributed by atoms with van der Waals surface area (Å²) in [4.78, 5) is 23.2. The molecule has 0 heterocycles. The van der Waals surface area contributed by atoms with Crippen LogP contribution in [0.15, 0.2) is 42.5 Å². The van der Waals surface area contributed by atoms with Crippen LogP contribution in [-0.4, -0.2) is 24.1 Å². The quantitative estimate of drug-likeness (QED) is 0.908. The molecule has 2 N–H and O–H groups in total. The number of rotatable bonds is 4. The lowest BCUT2D eigenvalue weighted by molar-refractivity contribution is 0.0696. The van der Waals surface area contributed by atoms with Gasteiger partial charge in [-0.2, -0.15) is 0 Å². The fourth-order valence-corrected chi connectivity index (χ4v) is 2.05. The molecule has 21 heavy (non-hydrogen) atoms. The predicted octanol–water partition coefficient (Wildman–Crippen LogP) is 3.30. The number of halogens is 1. The van der Waals surface area contributed by atoms with Gasteiger partial charge < -0.3 is 15.2 Å². The summed E-state index contributed by atoms with van der Waals surface area (Å²) in [5, 5.41) is 11.8. The average Bonchev–Trinajstić information content (AvgIpc) is 2.46. The molecule has 6 heteroatoms. The first-order valence-corrected chi connectivity index (χ1v) is 6.37. The molecule has 2 aromatic carbocycles. The Balaban J connectivity index is 2.29. The lowest BCUT2D eigenvalue weighted by Gasteiger charge is -2.10. The zero-order valence-corrected chi connectivity index (χ0v) is 11.8. The third-order valence-corrected chi connectivity index (χ3v) is 2.97. The minimum Gasteiger partial charge on any atom is -0.496 e. The number of benzene rings is 2. The van der Waals surface area contributed by atoms with E-state index < -0.39 is 11.9 Å². The fraction of sp³-hybridized carbons (Fsp3) is 0.0667. The molecule has 2 rings (SSSR count). The van der Waals surface area contributed by atoms with Crippen molar-refractivity contribution in [3.63, 3.8) is 0 Å². The highest BCUT2D eigenvalue weighted by atomic mass is 35.5.